The molecule has 1 aromatic heterocycles. The van der Waals surface area contributed by atoms with Gasteiger partial charge in [0.2, 0.25) is 0 Å². The van der Waals surface area contributed by atoms with Crippen LogP contribution in [0, 0.1) is 6.92 Å². The van der Waals surface area contributed by atoms with Crippen molar-refractivity contribution in [1.29, 1.82) is 0 Å². The maximum absolute atomic E-state index is 5.38. The lowest BCUT2D eigenvalue weighted by Crippen LogP contribution is -2.19. The molecule has 0 unspecified atom stereocenters. The van der Waals surface area contributed by atoms with E-state index < -0.39 is 0 Å². The maximum Gasteiger partial charge on any atom is 0.161 e. The fraction of sp³-hybridized carbons (Fsp3) is 0.263. The number of ether oxygens (including phenoxy) is 2. The number of nitrogens with zero attached hydrogens (tertiary/aromatic N) is 3. The van der Waals surface area contributed by atoms with Crippen molar-refractivity contribution < 1.29 is 9.47 Å². The van der Waals surface area contributed by atoms with Gasteiger partial charge in [-0.3, -0.25) is 0 Å². The number of fused-ring (bicyclic) bond motifs is 1. The first-order valence-electron chi connectivity index (χ1n) is 7.78. The summed E-state index contributed by atoms with van der Waals surface area (Å²) in [5.41, 5.74) is 2.05. The molecule has 5 heteroatoms. The summed E-state index contributed by atoms with van der Waals surface area (Å²) in [6, 6.07) is 14.1. The van der Waals surface area contributed by atoms with Gasteiger partial charge in [0, 0.05) is 24.4 Å². The zero-order valence-corrected chi connectivity index (χ0v) is 14.4. The van der Waals surface area contributed by atoms with Crippen LogP contribution in [0.15, 0.2) is 42.5 Å². The van der Waals surface area contributed by atoms with E-state index in [4.69, 9.17) is 9.47 Å². The van der Waals surface area contributed by atoms with Crippen molar-refractivity contribution in [2.24, 2.45) is 0 Å². The number of rotatable bonds is 5. The van der Waals surface area contributed by atoms with E-state index in [2.05, 4.69) is 27.2 Å². The molecule has 1 heterocycles. The molecule has 0 aliphatic rings. The molecular weight excluding hydrogens is 302 g/mol. The van der Waals surface area contributed by atoms with Crippen LogP contribution in [0.2, 0.25) is 0 Å². The minimum Gasteiger partial charge on any atom is -0.493 e. The summed E-state index contributed by atoms with van der Waals surface area (Å²) in [4.78, 5) is 2.09. The average Bonchev–Trinajstić information content (AvgIpc) is 2.62. The minimum atomic E-state index is 0.697. The van der Waals surface area contributed by atoms with Crippen molar-refractivity contribution in [2.45, 2.75) is 13.5 Å². The summed E-state index contributed by atoms with van der Waals surface area (Å²) >= 11 is 0. The Morgan fingerprint density at radius 1 is 0.917 bits per heavy atom. The Balaban J connectivity index is 1.93. The van der Waals surface area contributed by atoms with Crippen LogP contribution in [0.3, 0.4) is 0 Å². The number of hydrogen-bond acceptors (Lipinski definition) is 5. The van der Waals surface area contributed by atoms with E-state index in [1.807, 2.05) is 44.3 Å². The van der Waals surface area contributed by atoms with E-state index in [0.29, 0.717) is 6.54 Å². The van der Waals surface area contributed by atoms with Gasteiger partial charge < -0.3 is 14.4 Å². The second-order valence-electron chi connectivity index (χ2n) is 5.70. The van der Waals surface area contributed by atoms with Crippen molar-refractivity contribution >= 4 is 16.6 Å². The van der Waals surface area contributed by atoms with Crippen LogP contribution in [-0.2, 0) is 6.54 Å². The first-order chi connectivity index (χ1) is 11.6. The van der Waals surface area contributed by atoms with Gasteiger partial charge >= 0.3 is 0 Å². The Bertz CT molecular complexity index is 864. The van der Waals surface area contributed by atoms with Crippen LogP contribution in [-0.4, -0.2) is 31.5 Å². The van der Waals surface area contributed by atoms with Gasteiger partial charge in [0.05, 0.1) is 19.9 Å². The van der Waals surface area contributed by atoms with Crippen molar-refractivity contribution in [3.8, 4) is 11.5 Å². The molecule has 0 fully saturated rings. The lowest BCUT2D eigenvalue weighted by atomic mass is 10.1. The SMILES string of the molecule is COc1ccc(CN(C)c2nnc(C)c3ccccc23)cc1OC. The average molecular weight is 323 g/mol. The molecule has 2 aromatic carbocycles. The zero-order chi connectivity index (χ0) is 17.1. The van der Waals surface area contributed by atoms with Gasteiger partial charge in [-0.15, -0.1) is 5.10 Å². The molecule has 3 rings (SSSR count). The first-order valence-corrected chi connectivity index (χ1v) is 7.78. The molecule has 124 valence electrons. The molecule has 0 N–H and O–H groups in total. The summed E-state index contributed by atoms with van der Waals surface area (Å²) in [6.45, 7) is 2.68. The summed E-state index contributed by atoms with van der Waals surface area (Å²) < 4.78 is 10.7. The standard InChI is InChI=1S/C19H21N3O2/c1-13-15-7-5-6-8-16(15)19(21-20-13)22(2)12-14-9-10-17(23-3)18(11-14)24-4/h5-11H,12H2,1-4H3. The molecule has 0 amide bonds. The predicted molar refractivity (Wildman–Crippen MR) is 95.9 cm³/mol. The molecule has 0 aliphatic carbocycles. The van der Waals surface area contributed by atoms with E-state index >= 15 is 0 Å². The van der Waals surface area contributed by atoms with Crippen LogP contribution in [0.5, 0.6) is 11.5 Å². The van der Waals surface area contributed by atoms with Crippen molar-refractivity contribution in [1.82, 2.24) is 10.2 Å². The van der Waals surface area contributed by atoms with Gasteiger partial charge in [0.15, 0.2) is 17.3 Å². The highest BCUT2D eigenvalue weighted by Gasteiger charge is 2.12. The third-order valence-electron chi connectivity index (χ3n) is 4.08. The predicted octanol–water partition coefficient (Wildman–Crippen LogP) is 3.59. The van der Waals surface area contributed by atoms with Gasteiger partial charge in [0.1, 0.15) is 0 Å². The largest absolute Gasteiger partial charge is 0.493 e. The van der Waals surface area contributed by atoms with E-state index in [1.165, 1.54) is 0 Å². The first kappa shape index (κ1) is 16.1. The highest BCUT2D eigenvalue weighted by atomic mass is 16.5. The molecule has 5 nitrogen and oxygen atoms in total. The Kier molecular flexibility index (Phi) is 4.51. The highest BCUT2D eigenvalue weighted by molar-refractivity contribution is 5.93. The molecule has 3 aromatic rings. The number of aryl methyl sites for hydroxylation is 1. The summed E-state index contributed by atoms with van der Waals surface area (Å²) in [5.74, 6) is 2.32. The third-order valence-corrected chi connectivity index (χ3v) is 4.08. The normalized spacial score (nSPS) is 10.7. The molecule has 24 heavy (non-hydrogen) atoms. The number of hydrogen-bond donors (Lipinski definition) is 0. The number of methoxy groups -OCH3 is 2. The Hall–Kier alpha value is -2.82. The quantitative estimate of drug-likeness (QED) is 0.718. The van der Waals surface area contributed by atoms with E-state index in [-0.39, 0.29) is 0 Å². The van der Waals surface area contributed by atoms with Gasteiger partial charge in [0.25, 0.3) is 0 Å². The third kappa shape index (κ3) is 2.97. The molecule has 0 atom stereocenters. The van der Waals surface area contributed by atoms with Crippen LogP contribution in [0.4, 0.5) is 5.82 Å². The Morgan fingerprint density at radius 3 is 2.33 bits per heavy atom. The second-order valence-corrected chi connectivity index (χ2v) is 5.70. The fourth-order valence-corrected chi connectivity index (χ4v) is 2.83. The van der Waals surface area contributed by atoms with Crippen LogP contribution in [0.1, 0.15) is 11.3 Å². The Labute approximate surface area is 141 Å². The number of benzene rings is 2. The van der Waals surface area contributed by atoms with Gasteiger partial charge in [-0.05, 0) is 24.6 Å². The second kappa shape index (κ2) is 6.74. The lowest BCUT2D eigenvalue weighted by Gasteiger charge is -2.20. The minimum absolute atomic E-state index is 0.697. The van der Waals surface area contributed by atoms with E-state index in [0.717, 1.165) is 39.3 Å². The zero-order valence-electron chi connectivity index (χ0n) is 14.4. The molecule has 0 radical (unpaired) electrons. The van der Waals surface area contributed by atoms with Gasteiger partial charge in [-0.1, -0.05) is 30.3 Å². The maximum atomic E-state index is 5.38. The summed E-state index contributed by atoms with van der Waals surface area (Å²) in [5, 5.41) is 10.9. The molecule has 0 spiro atoms. The molecule has 0 aliphatic heterocycles. The molecule has 0 saturated carbocycles. The van der Waals surface area contributed by atoms with Crippen molar-refractivity contribution in [3.05, 3.63) is 53.7 Å². The molecule has 0 bridgehead atoms. The van der Waals surface area contributed by atoms with Gasteiger partial charge in [-0.2, -0.15) is 5.10 Å². The number of aromatic nitrogens is 2. The van der Waals surface area contributed by atoms with Crippen LogP contribution in [0.25, 0.3) is 10.8 Å². The van der Waals surface area contributed by atoms with Crippen LogP contribution >= 0.6 is 0 Å². The topological polar surface area (TPSA) is 47.5 Å². The number of anilines is 1. The van der Waals surface area contributed by atoms with Crippen molar-refractivity contribution in [3.63, 3.8) is 0 Å². The van der Waals surface area contributed by atoms with E-state index in [9.17, 15) is 0 Å². The summed E-state index contributed by atoms with van der Waals surface area (Å²) in [7, 11) is 5.30. The van der Waals surface area contributed by atoms with Gasteiger partial charge in [-0.25, -0.2) is 0 Å². The molecule has 0 saturated heterocycles. The van der Waals surface area contributed by atoms with E-state index in [1.54, 1.807) is 14.2 Å². The summed E-state index contributed by atoms with van der Waals surface area (Å²) in [6.07, 6.45) is 0. The molecular formula is C19H21N3O2. The highest BCUT2D eigenvalue weighted by Crippen LogP contribution is 2.30. The monoisotopic (exact) mass is 323 g/mol. The fourth-order valence-electron chi connectivity index (χ4n) is 2.83. The Morgan fingerprint density at radius 2 is 1.62 bits per heavy atom. The lowest BCUT2D eigenvalue weighted by molar-refractivity contribution is 0.354. The smallest absolute Gasteiger partial charge is 0.161 e. The van der Waals surface area contributed by atoms with Crippen molar-refractivity contribution in [2.75, 3.05) is 26.2 Å². The van der Waals surface area contributed by atoms with Crippen LogP contribution < -0.4 is 14.4 Å².